The van der Waals surface area contributed by atoms with E-state index < -0.39 is 0 Å². The average Bonchev–Trinajstić information content (AvgIpc) is 3.25. The van der Waals surface area contributed by atoms with E-state index in [1.807, 2.05) is 53.5 Å². The molecule has 30 heavy (non-hydrogen) atoms. The molecule has 0 saturated carbocycles. The van der Waals surface area contributed by atoms with Gasteiger partial charge in [0.1, 0.15) is 17.2 Å². The third-order valence-corrected chi connectivity index (χ3v) is 5.26. The van der Waals surface area contributed by atoms with Gasteiger partial charge in [-0.25, -0.2) is 9.69 Å². The van der Waals surface area contributed by atoms with Gasteiger partial charge in [0.25, 0.3) is 5.91 Å². The van der Waals surface area contributed by atoms with E-state index in [4.69, 9.17) is 14.6 Å². The highest BCUT2D eigenvalue weighted by atomic mass is 16.5. The number of hydrogen-bond donors (Lipinski definition) is 1. The molecule has 1 amide bonds. The summed E-state index contributed by atoms with van der Waals surface area (Å²) in [7, 11) is 3.21. The van der Waals surface area contributed by atoms with E-state index in [0.29, 0.717) is 28.3 Å². The molecule has 156 valence electrons. The van der Waals surface area contributed by atoms with Crippen LogP contribution in [-0.4, -0.2) is 48.0 Å². The van der Waals surface area contributed by atoms with Crippen LogP contribution in [0.5, 0.6) is 11.5 Å². The fraction of sp³-hybridized carbons (Fsp3) is 0.304. The number of para-hydroxylation sites is 1. The number of rotatable bonds is 6. The quantitative estimate of drug-likeness (QED) is 0.676. The zero-order valence-electron chi connectivity index (χ0n) is 17.3. The van der Waals surface area contributed by atoms with Gasteiger partial charge >= 0.3 is 0 Å². The fourth-order valence-electron chi connectivity index (χ4n) is 3.66. The highest BCUT2D eigenvalue weighted by Gasteiger charge is 2.23. The van der Waals surface area contributed by atoms with Gasteiger partial charge in [0.05, 0.1) is 25.5 Å². The van der Waals surface area contributed by atoms with E-state index in [0.717, 1.165) is 31.6 Å². The molecule has 0 spiro atoms. The predicted octanol–water partition coefficient (Wildman–Crippen LogP) is 3.69. The van der Waals surface area contributed by atoms with Crippen LogP contribution in [-0.2, 0) is 0 Å². The molecular weight excluding hydrogens is 380 g/mol. The minimum Gasteiger partial charge on any atom is -0.497 e. The van der Waals surface area contributed by atoms with Crippen LogP contribution in [0, 0.1) is 0 Å². The molecule has 4 rings (SSSR count). The molecular formula is C23H26N4O3. The van der Waals surface area contributed by atoms with Gasteiger partial charge in [0.2, 0.25) is 0 Å². The predicted molar refractivity (Wildman–Crippen MR) is 115 cm³/mol. The first kappa shape index (κ1) is 20.0. The Bertz CT molecular complexity index is 1010. The SMILES string of the molecule is COc1ccc(OC)c(-c2nn(-c3ccccc3)cc2C(=O)NN2CCCCC2)c1. The molecule has 2 heterocycles. The molecule has 1 aromatic heterocycles. The van der Waals surface area contributed by atoms with Crippen LogP contribution in [0.2, 0.25) is 0 Å². The summed E-state index contributed by atoms with van der Waals surface area (Å²) < 4.78 is 12.7. The van der Waals surface area contributed by atoms with E-state index in [9.17, 15) is 4.79 Å². The second-order valence-corrected chi connectivity index (χ2v) is 7.23. The number of nitrogens with one attached hydrogen (secondary N) is 1. The molecule has 1 fully saturated rings. The lowest BCUT2D eigenvalue weighted by molar-refractivity contribution is 0.0750. The van der Waals surface area contributed by atoms with E-state index in [1.54, 1.807) is 25.1 Å². The third-order valence-electron chi connectivity index (χ3n) is 5.26. The number of hydrogen-bond acceptors (Lipinski definition) is 5. The van der Waals surface area contributed by atoms with Crippen LogP contribution in [0.1, 0.15) is 29.6 Å². The van der Waals surface area contributed by atoms with Crippen molar-refractivity contribution in [2.75, 3.05) is 27.3 Å². The first-order chi connectivity index (χ1) is 14.7. The minimum absolute atomic E-state index is 0.182. The molecule has 1 saturated heterocycles. The van der Waals surface area contributed by atoms with Crippen molar-refractivity contribution in [1.82, 2.24) is 20.2 Å². The largest absolute Gasteiger partial charge is 0.497 e. The van der Waals surface area contributed by atoms with Crippen LogP contribution in [0.15, 0.2) is 54.7 Å². The maximum Gasteiger partial charge on any atom is 0.269 e. The van der Waals surface area contributed by atoms with Gasteiger partial charge in [-0.1, -0.05) is 24.6 Å². The molecule has 0 atom stereocenters. The maximum absolute atomic E-state index is 13.2. The molecule has 0 aliphatic carbocycles. The van der Waals surface area contributed by atoms with Gasteiger partial charge in [0.15, 0.2) is 0 Å². The molecule has 7 heteroatoms. The van der Waals surface area contributed by atoms with Crippen LogP contribution in [0.25, 0.3) is 16.9 Å². The van der Waals surface area contributed by atoms with E-state index >= 15 is 0 Å². The van der Waals surface area contributed by atoms with E-state index in [2.05, 4.69) is 5.43 Å². The number of ether oxygens (including phenoxy) is 2. The monoisotopic (exact) mass is 406 g/mol. The standard InChI is InChI=1S/C23H26N4O3/c1-29-18-11-12-21(30-2)19(15-18)22-20(23(28)25-26-13-7-4-8-14-26)16-27(24-22)17-9-5-3-6-10-17/h3,5-6,9-12,15-16H,4,7-8,13-14H2,1-2H3,(H,25,28). The Morgan fingerprint density at radius 2 is 1.77 bits per heavy atom. The fourth-order valence-corrected chi connectivity index (χ4v) is 3.66. The summed E-state index contributed by atoms with van der Waals surface area (Å²) >= 11 is 0. The molecule has 1 N–H and O–H groups in total. The molecule has 3 aromatic rings. The van der Waals surface area contributed by atoms with Gasteiger partial charge in [-0.2, -0.15) is 5.10 Å². The Morgan fingerprint density at radius 3 is 2.47 bits per heavy atom. The lowest BCUT2D eigenvalue weighted by Gasteiger charge is -2.26. The summed E-state index contributed by atoms with van der Waals surface area (Å²) in [5.41, 5.74) is 5.65. The summed E-state index contributed by atoms with van der Waals surface area (Å²) in [6, 6.07) is 15.2. The van der Waals surface area contributed by atoms with Crippen LogP contribution < -0.4 is 14.9 Å². The number of benzene rings is 2. The first-order valence-corrected chi connectivity index (χ1v) is 10.1. The average molecular weight is 406 g/mol. The summed E-state index contributed by atoms with van der Waals surface area (Å²) in [5, 5.41) is 6.74. The van der Waals surface area contributed by atoms with Crippen molar-refractivity contribution in [3.63, 3.8) is 0 Å². The summed E-state index contributed by atoms with van der Waals surface area (Å²) in [6.07, 6.45) is 5.13. The topological polar surface area (TPSA) is 68.6 Å². The Balaban J connectivity index is 1.78. The third kappa shape index (κ3) is 4.16. The Hall–Kier alpha value is -3.32. The number of piperidine rings is 1. The van der Waals surface area contributed by atoms with Gasteiger partial charge in [-0.3, -0.25) is 10.2 Å². The van der Waals surface area contributed by atoms with Gasteiger partial charge in [-0.05, 0) is 43.2 Å². The molecule has 7 nitrogen and oxygen atoms in total. The van der Waals surface area contributed by atoms with Crippen LogP contribution >= 0.6 is 0 Å². The molecule has 2 aromatic carbocycles. The van der Waals surface area contributed by atoms with Crippen molar-refractivity contribution in [1.29, 1.82) is 0 Å². The number of amides is 1. The number of methoxy groups -OCH3 is 2. The molecule has 0 bridgehead atoms. The number of carbonyl (C=O) groups excluding carboxylic acids is 1. The number of hydrazine groups is 1. The van der Waals surface area contributed by atoms with Crippen molar-refractivity contribution >= 4 is 5.91 Å². The highest BCUT2D eigenvalue weighted by molar-refractivity contribution is 6.00. The number of aromatic nitrogens is 2. The van der Waals surface area contributed by atoms with Crippen LogP contribution in [0.4, 0.5) is 0 Å². The minimum atomic E-state index is -0.182. The number of nitrogens with zero attached hydrogens (tertiary/aromatic N) is 3. The molecule has 1 aliphatic heterocycles. The number of carbonyl (C=O) groups is 1. The Labute approximate surface area is 176 Å². The smallest absolute Gasteiger partial charge is 0.269 e. The van der Waals surface area contributed by atoms with Gasteiger partial charge < -0.3 is 9.47 Å². The summed E-state index contributed by atoms with van der Waals surface area (Å²) in [5.74, 6) is 1.11. The van der Waals surface area contributed by atoms with Crippen molar-refractivity contribution in [2.24, 2.45) is 0 Å². The maximum atomic E-state index is 13.2. The van der Waals surface area contributed by atoms with Crippen molar-refractivity contribution in [2.45, 2.75) is 19.3 Å². The second-order valence-electron chi connectivity index (χ2n) is 7.23. The molecule has 0 radical (unpaired) electrons. The van der Waals surface area contributed by atoms with Gasteiger partial charge in [-0.15, -0.1) is 0 Å². The Kier molecular flexibility index (Phi) is 5.99. The highest BCUT2D eigenvalue weighted by Crippen LogP contribution is 2.35. The van der Waals surface area contributed by atoms with Crippen LogP contribution in [0.3, 0.4) is 0 Å². The normalized spacial score (nSPS) is 14.3. The summed E-state index contributed by atoms with van der Waals surface area (Å²) in [4.78, 5) is 13.2. The first-order valence-electron chi connectivity index (χ1n) is 10.1. The van der Waals surface area contributed by atoms with E-state index in [-0.39, 0.29) is 5.91 Å². The lowest BCUT2D eigenvalue weighted by Crippen LogP contribution is -2.45. The lowest BCUT2D eigenvalue weighted by atomic mass is 10.1. The zero-order valence-corrected chi connectivity index (χ0v) is 17.3. The zero-order chi connectivity index (χ0) is 20.9. The Morgan fingerprint density at radius 1 is 1.00 bits per heavy atom. The second kappa shape index (κ2) is 9.00. The molecule has 1 aliphatic rings. The van der Waals surface area contributed by atoms with Crippen molar-refractivity contribution in [3.8, 4) is 28.4 Å². The molecule has 0 unspecified atom stereocenters. The van der Waals surface area contributed by atoms with Crippen molar-refractivity contribution in [3.05, 3.63) is 60.3 Å². The van der Waals surface area contributed by atoms with Gasteiger partial charge in [0, 0.05) is 24.8 Å². The summed E-state index contributed by atoms with van der Waals surface area (Å²) in [6.45, 7) is 1.72. The van der Waals surface area contributed by atoms with E-state index in [1.165, 1.54) is 6.42 Å². The van der Waals surface area contributed by atoms with Crippen molar-refractivity contribution < 1.29 is 14.3 Å².